The summed E-state index contributed by atoms with van der Waals surface area (Å²) in [4.78, 5) is 8.59. The summed E-state index contributed by atoms with van der Waals surface area (Å²) in [6.07, 6.45) is 6.47. The molecular formula is C19H22N4O3S. The maximum absolute atomic E-state index is 11.1. The van der Waals surface area contributed by atoms with Crippen LogP contribution in [0.3, 0.4) is 0 Å². The summed E-state index contributed by atoms with van der Waals surface area (Å²) in [5.41, 5.74) is 1.76. The zero-order chi connectivity index (χ0) is 19.3. The van der Waals surface area contributed by atoms with Crippen LogP contribution in [-0.4, -0.2) is 36.9 Å². The standard InChI is InChI=1S/C19H22N4O3S/c1-3-8-21-19-16-11-14(4-6-17(16)22-13-23-19)18-7-5-15(26-18)12-20-9-10-27(2,24)25/h3-8,11,13,20H,9-10,12H2,1-2H3,(H,21,22,23)/b8-3+. The molecule has 0 radical (unpaired) electrons. The number of hydrogen-bond donors (Lipinski definition) is 2. The minimum atomic E-state index is -2.96. The number of rotatable bonds is 8. The highest BCUT2D eigenvalue weighted by Gasteiger charge is 2.09. The van der Waals surface area contributed by atoms with Crippen molar-refractivity contribution in [3.05, 3.63) is 54.7 Å². The lowest BCUT2D eigenvalue weighted by atomic mass is 10.1. The first-order valence-corrected chi connectivity index (χ1v) is 10.6. The summed E-state index contributed by atoms with van der Waals surface area (Å²) >= 11 is 0. The van der Waals surface area contributed by atoms with Crippen molar-refractivity contribution >= 4 is 26.6 Å². The first-order valence-electron chi connectivity index (χ1n) is 8.56. The van der Waals surface area contributed by atoms with Gasteiger partial charge in [0.05, 0.1) is 17.8 Å². The van der Waals surface area contributed by atoms with E-state index in [0.29, 0.717) is 13.1 Å². The lowest BCUT2D eigenvalue weighted by molar-refractivity contribution is 0.498. The molecule has 0 spiro atoms. The van der Waals surface area contributed by atoms with Gasteiger partial charge in [0.15, 0.2) is 0 Å². The molecule has 0 fully saturated rings. The fourth-order valence-electron chi connectivity index (χ4n) is 2.58. The lowest BCUT2D eigenvalue weighted by Crippen LogP contribution is -2.21. The van der Waals surface area contributed by atoms with Crippen molar-refractivity contribution in [2.24, 2.45) is 0 Å². The van der Waals surface area contributed by atoms with Crippen molar-refractivity contribution in [3.8, 4) is 11.3 Å². The van der Waals surface area contributed by atoms with Crippen LogP contribution in [-0.2, 0) is 16.4 Å². The van der Waals surface area contributed by atoms with E-state index < -0.39 is 9.84 Å². The minimum Gasteiger partial charge on any atom is -0.460 e. The van der Waals surface area contributed by atoms with Crippen LogP contribution in [0.15, 0.2) is 53.4 Å². The monoisotopic (exact) mass is 386 g/mol. The number of benzene rings is 1. The molecule has 2 aromatic heterocycles. The molecule has 3 aromatic rings. The lowest BCUT2D eigenvalue weighted by Gasteiger charge is -2.06. The quantitative estimate of drug-likeness (QED) is 0.574. The summed E-state index contributed by atoms with van der Waals surface area (Å²) in [5, 5.41) is 7.12. The molecule has 0 amide bonds. The van der Waals surface area contributed by atoms with Crippen molar-refractivity contribution < 1.29 is 12.8 Å². The van der Waals surface area contributed by atoms with Crippen LogP contribution in [0, 0.1) is 0 Å². The number of sulfone groups is 1. The Kier molecular flexibility index (Phi) is 5.88. The number of hydrogen-bond acceptors (Lipinski definition) is 7. The van der Waals surface area contributed by atoms with Crippen LogP contribution in [0.5, 0.6) is 0 Å². The van der Waals surface area contributed by atoms with Crippen LogP contribution >= 0.6 is 0 Å². The summed E-state index contributed by atoms with van der Waals surface area (Å²) in [6, 6.07) is 9.65. The molecule has 7 nitrogen and oxygen atoms in total. The van der Waals surface area contributed by atoms with E-state index in [1.165, 1.54) is 12.6 Å². The molecule has 0 unspecified atom stereocenters. The molecule has 8 heteroatoms. The van der Waals surface area contributed by atoms with E-state index in [1.54, 1.807) is 0 Å². The third kappa shape index (κ3) is 5.15. The van der Waals surface area contributed by atoms with Gasteiger partial charge in [-0.2, -0.15) is 0 Å². The van der Waals surface area contributed by atoms with E-state index >= 15 is 0 Å². The number of allylic oxidation sites excluding steroid dienone is 1. The Bertz CT molecular complexity index is 1060. The van der Waals surface area contributed by atoms with Crippen LogP contribution < -0.4 is 10.6 Å². The number of fused-ring (bicyclic) bond motifs is 1. The molecule has 0 saturated carbocycles. The largest absolute Gasteiger partial charge is 0.460 e. The van der Waals surface area contributed by atoms with Gasteiger partial charge in [-0.15, -0.1) is 0 Å². The summed E-state index contributed by atoms with van der Waals surface area (Å²) in [5.74, 6) is 2.31. The van der Waals surface area contributed by atoms with Crippen LogP contribution in [0.2, 0.25) is 0 Å². The molecule has 2 N–H and O–H groups in total. The summed E-state index contributed by atoms with van der Waals surface area (Å²) in [7, 11) is -2.96. The average Bonchev–Trinajstić information content (AvgIpc) is 3.11. The van der Waals surface area contributed by atoms with Crippen molar-refractivity contribution in [1.82, 2.24) is 15.3 Å². The van der Waals surface area contributed by atoms with E-state index in [4.69, 9.17) is 4.42 Å². The number of nitrogens with zero attached hydrogens (tertiary/aromatic N) is 2. The average molecular weight is 386 g/mol. The van der Waals surface area contributed by atoms with E-state index in [0.717, 1.165) is 33.8 Å². The van der Waals surface area contributed by atoms with E-state index in [1.807, 2.05) is 49.5 Å². The van der Waals surface area contributed by atoms with Gasteiger partial charge in [-0.25, -0.2) is 18.4 Å². The molecule has 0 saturated heterocycles. The first kappa shape index (κ1) is 19.1. The number of anilines is 1. The Morgan fingerprint density at radius 1 is 1.19 bits per heavy atom. The summed E-state index contributed by atoms with van der Waals surface area (Å²) < 4.78 is 28.2. The third-order valence-corrected chi connectivity index (χ3v) is 4.86. The minimum absolute atomic E-state index is 0.104. The molecular weight excluding hydrogens is 364 g/mol. The Labute approximate surface area is 158 Å². The van der Waals surface area contributed by atoms with Gasteiger partial charge in [0.25, 0.3) is 0 Å². The molecule has 0 aliphatic rings. The normalized spacial score (nSPS) is 12.1. The molecule has 0 bridgehead atoms. The van der Waals surface area contributed by atoms with Crippen LogP contribution in [0.25, 0.3) is 22.2 Å². The van der Waals surface area contributed by atoms with Gasteiger partial charge in [-0.3, -0.25) is 0 Å². The van der Waals surface area contributed by atoms with Crippen molar-refractivity contribution in [2.75, 3.05) is 23.9 Å². The maximum Gasteiger partial charge on any atom is 0.148 e. The van der Waals surface area contributed by atoms with Crippen molar-refractivity contribution in [2.45, 2.75) is 13.5 Å². The van der Waals surface area contributed by atoms with Gasteiger partial charge in [0.2, 0.25) is 0 Å². The smallest absolute Gasteiger partial charge is 0.148 e. The Hall–Kier alpha value is -2.71. The number of aromatic nitrogens is 2. The zero-order valence-electron chi connectivity index (χ0n) is 15.3. The fraction of sp³-hybridized carbons (Fsp3) is 0.263. The van der Waals surface area contributed by atoms with Gasteiger partial charge < -0.3 is 15.1 Å². The molecule has 142 valence electrons. The van der Waals surface area contributed by atoms with Gasteiger partial charge in [0.1, 0.15) is 33.5 Å². The molecule has 0 aliphatic heterocycles. The molecule has 1 aromatic carbocycles. The Morgan fingerprint density at radius 2 is 2.04 bits per heavy atom. The number of furan rings is 1. The van der Waals surface area contributed by atoms with E-state index in [9.17, 15) is 8.42 Å². The molecule has 0 aliphatic carbocycles. The second-order valence-electron chi connectivity index (χ2n) is 6.17. The Balaban J connectivity index is 1.76. The van der Waals surface area contributed by atoms with Crippen molar-refractivity contribution in [1.29, 1.82) is 0 Å². The highest BCUT2D eigenvalue weighted by atomic mass is 32.2. The van der Waals surface area contributed by atoms with Crippen molar-refractivity contribution in [3.63, 3.8) is 0 Å². The zero-order valence-corrected chi connectivity index (χ0v) is 16.1. The highest BCUT2D eigenvalue weighted by Crippen LogP contribution is 2.28. The van der Waals surface area contributed by atoms with Crippen LogP contribution in [0.1, 0.15) is 12.7 Å². The van der Waals surface area contributed by atoms with Gasteiger partial charge in [-0.1, -0.05) is 6.08 Å². The Morgan fingerprint density at radius 3 is 2.81 bits per heavy atom. The van der Waals surface area contributed by atoms with Gasteiger partial charge in [0, 0.05) is 23.8 Å². The molecule has 2 heterocycles. The molecule has 0 atom stereocenters. The van der Waals surface area contributed by atoms with E-state index in [2.05, 4.69) is 20.6 Å². The van der Waals surface area contributed by atoms with Gasteiger partial charge in [-0.05, 0) is 43.5 Å². The predicted octanol–water partition coefficient (Wildman–Crippen LogP) is 2.97. The third-order valence-electron chi connectivity index (χ3n) is 3.92. The topological polar surface area (TPSA) is 97.1 Å². The van der Waals surface area contributed by atoms with Gasteiger partial charge >= 0.3 is 0 Å². The first-order chi connectivity index (χ1) is 13.0. The molecule has 3 rings (SSSR count). The highest BCUT2D eigenvalue weighted by molar-refractivity contribution is 7.90. The predicted molar refractivity (Wildman–Crippen MR) is 107 cm³/mol. The number of nitrogens with one attached hydrogen (secondary N) is 2. The fourth-order valence-corrected chi connectivity index (χ4v) is 3.10. The van der Waals surface area contributed by atoms with E-state index in [-0.39, 0.29) is 5.75 Å². The second-order valence-corrected chi connectivity index (χ2v) is 8.43. The molecule has 27 heavy (non-hydrogen) atoms. The van der Waals surface area contributed by atoms with Crippen LogP contribution in [0.4, 0.5) is 5.82 Å². The summed E-state index contributed by atoms with van der Waals surface area (Å²) in [6.45, 7) is 2.79. The SMILES string of the molecule is C/C=C/Nc1ncnc2ccc(-c3ccc(CNCCS(C)(=O)=O)o3)cc12. The maximum atomic E-state index is 11.1. The second kappa shape index (κ2) is 8.32.